The highest BCUT2D eigenvalue weighted by Gasteiger charge is 2.15. The van der Waals surface area contributed by atoms with Crippen molar-refractivity contribution < 1.29 is 14.0 Å². The predicted molar refractivity (Wildman–Crippen MR) is 96.1 cm³/mol. The van der Waals surface area contributed by atoms with Crippen LogP contribution in [0.3, 0.4) is 0 Å². The Morgan fingerprint density at radius 3 is 2.48 bits per heavy atom. The molecule has 0 saturated carbocycles. The first-order valence-electron chi connectivity index (χ1n) is 8.15. The first kappa shape index (κ1) is 16.8. The third kappa shape index (κ3) is 4.07. The van der Waals surface area contributed by atoms with Gasteiger partial charge in [-0.1, -0.05) is 30.3 Å². The topological polar surface area (TPSA) is 71.3 Å². The SMILES string of the molecule is CC(=O)NCc1ccc(C(=O)NC(C)c2cc3ccccc3o2)cc1. The van der Waals surface area contributed by atoms with E-state index in [0.29, 0.717) is 12.1 Å². The van der Waals surface area contributed by atoms with E-state index in [0.717, 1.165) is 22.3 Å². The summed E-state index contributed by atoms with van der Waals surface area (Å²) in [6.45, 7) is 3.81. The van der Waals surface area contributed by atoms with Gasteiger partial charge in [-0.2, -0.15) is 0 Å². The Bertz CT molecular complexity index is 864. The number of nitrogens with one attached hydrogen (secondary N) is 2. The van der Waals surface area contributed by atoms with Gasteiger partial charge in [-0.15, -0.1) is 0 Å². The normalized spacial score (nSPS) is 11.9. The molecule has 0 spiro atoms. The number of fused-ring (bicyclic) bond motifs is 1. The minimum atomic E-state index is -0.237. The van der Waals surface area contributed by atoms with E-state index in [1.54, 1.807) is 12.1 Å². The van der Waals surface area contributed by atoms with Crippen molar-refractivity contribution in [1.82, 2.24) is 10.6 Å². The van der Waals surface area contributed by atoms with Gasteiger partial charge in [0, 0.05) is 24.4 Å². The minimum Gasteiger partial charge on any atom is -0.459 e. The van der Waals surface area contributed by atoms with E-state index < -0.39 is 0 Å². The number of rotatable bonds is 5. The molecule has 1 aromatic heterocycles. The summed E-state index contributed by atoms with van der Waals surface area (Å²) in [6.07, 6.45) is 0. The summed E-state index contributed by atoms with van der Waals surface area (Å²) in [4.78, 5) is 23.3. The molecule has 2 N–H and O–H groups in total. The van der Waals surface area contributed by atoms with Gasteiger partial charge >= 0.3 is 0 Å². The first-order valence-corrected chi connectivity index (χ1v) is 8.15. The van der Waals surface area contributed by atoms with Crippen LogP contribution < -0.4 is 10.6 Å². The third-order valence-electron chi connectivity index (χ3n) is 3.98. The van der Waals surface area contributed by atoms with Crippen molar-refractivity contribution in [3.63, 3.8) is 0 Å². The Hall–Kier alpha value is -3.08. The molecule has 2 amide bonds. The molecular formula is C20H20N2O3. The van der Waals surface area contributed by atoms with Crippen molar-refractivity contribution in [2.45, 2.75) is 26.4 Å². The van der Waals surface area contributed by atoms with Crippen LogP contribution in [0.2, 0.25) is 0 Å². The van der Waals surface area contributed by atoms with Crippen molar-refractivity contribution in [2.24, 2.45) is 0 Å². The lowest BCUT2D eigenvalue weighted by Gasteiger charge is -2.12. The van der Waals surface area contributed by atoms with Gasteiger partial charge < -0.3 is 15.1 Å². The van der Waals surface area contributed by atoms with Crippen LogP contribution in [0, 0.1) is 0 Å². The Balaban J connectivity index is 1.65. The van der Waals surface area contributed by atoms with Crippen LogP contribution in [0.5, 0.6) is 0 Å². The number of hydrogen-bond acceptors (Lipinski definition) is 3. The summed E-state index contributed by atoms with van der Waals surface area (Å²) >= 11 is 0. The summed E-state index contributed by atoms with van der Waals surface area (Å²) in [5.74, 6) is 0.470. The monoisotopic (exact) mass is 336 g/mol. The largest absolute Gasteiger partial charge is 0.459 e. The molecule has 1 atom stereocenters. The minimum absolute atomic E-state index is 0.0820. The summed E-state index contributed by atoms with van der Waals surface area (Å²) in [7, 11) is 0. The Morgan fingerprint density at radius 2 is 1.80 bits per heavy atom. The van der Waals surface area contributed by atoms with E-state index in [9.17, 15) is 9.59 Å². The molecule has 5 nitrogen and oxygen atoms in total. The van der Waals surface area contributed by atoms with Crippen molar-refractivity contribution in [2.75, 3.05) is 0 Å². The van der Waals surface area contributed by atoms with E-state index in [4.69, 9.17) is 4.42 Å². The van der Waals surface area contributed by atoms with Gasteiger partial charge in [-0.25, -0.2) is 0 Å². The predicted octanol–water partition coefficient (Wildman–Crippen LogP) is 3.56. The summed E-state index contributed by atoms with van der Waals surface area (Å²) in [5.41, 5.74) is 2.31. The van der Waals surface area contributed by atoms with E-state index >= 15 is 0 Å². The highest BCUT2D eigenvalue weighted by Crippen LogP contribution is 2.23. The lowest BCUT2D eigenvalue weighted by Crippen LogP contribution is -2.26. The van der Waals surface area contributed by atoms with Crippen LogP contribution in [0.25, 0.3) is 11.0 Å². The van der Waals surface area contributed by atoms with Crippen LogP contribution in [0.15, 0.2) is 59.0 Å². The summed E-state index contributed by atoms with van der Waals surface area (Å²) < 4.78 is 5.79. The number of hydrogen-bond donors (Lipinski definition) is 2. The number of carbonyl (C=O) groups is 2. The van der Waals surface area contributed by atoms with E-state index in [1.807, 2.05) is 49.4 Å². The molecule has 0 saturated heterocycles. The molecule has 0 bridgehead atoms. The maximum absolute atomic E-state index is 12.4. The smallest absolute Gasteiger partial charge is 0.251 e. The molecule has 0 aliphatic rings. The highest BCUT2D eigenvalue weighted by atomic mass is 16.3. The zero-order valence-electron chi connectivity index (χ0n) is 14.2. The molecule has 0 fully saturated rings. The molecule has 0 aliphatic carbocycles. The second-order valence-electron chi connectivity index (χ2n) is 5.99. The van der Waals surface area contributed by atoms with Gasteiger partial charge in [0.2, 0.25) is 5.91 Å². The number of furan rings is 1. The number of carbonyl (C=O) groups excluding carboxylic acids is 2. The van der Waals surface area contributed by atoms with Gasteiger partial charge in [0.05, 0.1) is 6.04 Å². The third-order valence-corrected chi connectivity index (χ3v) is 3.98. The molecule has 5 heteroatoms. The maximum atomic E-state index is 12.4. The fraction of sp³-hybridized carbons (Fsp3) is 0.200. The van der Waals surface area contributed by atoms with E-state index in [1.165, 1.54) is 6.92 Å². The highest BCUT2D eigenvalue weighted by molar-refractivity contribution is 5.94. The van der Waals surface area contributed by atoms with E-state index in [-0.39, 0.29) is 17.9 Å². The zero-order valence-corrected chi connectivity index (χ0v) is 14.2. The molecule has 0 aliphatic heterocycles. The van der Waals surface area contributed by atoms with Crippen LogP contribution in [0.4, 0.5) is 0 Å². The fourth-order valence-electron chi connectivity index (χ4n) is 2.57. The van der Waals surface area contributed by atoms with Crippen LogP contribution in [-0.2, 0) is 11.3 Å². The van der Waals surface area contributed by atoms with Gasteiger partial charge in [0.25, 0.3) is 5.91 Å². The second-order valence-corrected chi connectivity index (χ2v) is 5.99. The Kier molecular flexibility index (Phi) is 4.84. The van der Waals surface area contributed by atoms with Crippen molar-refractivity contribution in [1.29, 1.82) is 0 Å². The fourth-order valence-corrected chi connectivity index (χ4v) is 2.57. The van der Waals surface area contributed by atoms with Crippen LogP contribution in [-0.4, -0.2) is 11.8 Å². The molecule has 3 aromatic rings. The number of amides is 2. The quantitative estimate of drug-likeness (QED) is 0.748. The van der Waals surface area contributed by atoms with Gasteiger partial charge in [-0.05, 0) is 36.8 Å². The molecule has 1 heterocycles. The lowest BCUT2D eigenvalue weighted by molar-refractivity contribution is -0.119. The standard InChI is InChI=1S/C20H20N2O3/c1-13(19-11-17-5-3-4-6-18(17)25-19)22-20(24)16-9-7-15(8-10-16)12-21-14(2)23/h3-11,13H,12H2,1-2H3,(H,21,23)(H,22,24). The Morgan fingerprint density at radius 1 is 1.08 bits per heavy atom. The molecule has 1 unspecified atom stereocenters. The van der Waals surface area contributed by atoms with Crippen molar-refractivity contribution >= 4 is 22.8 Å². The number of benzene rings is 2. The van der Waals surface area contributed by atoms with Crippen molar-refractivity contribution in [3.8, 4) is 0 Å². The van der Waals surface area contributed by atoms with E-state index in [2.05, 4.69) is 10.6 Å². The molecular weight excluding hydrogens is 316 g/mol. The van der Waals surface area contributed by atoms with Crippen LogP contribution in [0.1, 0.15) is 41.6 Å². The molecule has 25 heavy (non-hydrogen) atoms. The van der Waals surface area contributed by atoms with Gasteiger partial charge in [-0.3, -0.25) is 9.59 Å². The van der Waals surface area contributed by atoms with Crippen molar-refractivity contribution in [3.05, 3.63) is 71.5 Å². The Labute approximate surface area is 146 Å². The number of para-hydroxylation sites is 1. The molecule has 128 valence electrons. The average molecular weight is 336 g/mol. The van der Waals surface area contributed by atoms with Gasteiger partial charge in [0.15, 0.2) is 0 Å². The van der Waals surface area contributed by atoms with Crippen LogP contribution >= 0.6 is 0 Å². The summed E-state index contributed by atoms with van der Waals surface area (Å²) in [6, 6.07) is 16.6. The lowest BCUT2D eigenvalue weighted by atomic mass is 10.1. The maximum Gasteiger partial charge on any atom is 0.251 e. The molecule has 0 radical (unpaired) electrons. The van der Waals surface area contributed by atoms with Gasteiger partial charge in [0.1, 0.15) is 11.3 Å². The summed E-state index contributed by atoms with van der Waals surface area (Å²) in [5, 5.41) is 6.68. The molecule has 2 aromatic carbocycles. The molecule has 3 rings (SSSR count). The zero-order chi connectivity index (χ0) is 17.8. The first-order chi connectivity index (χ1) is 12.0. The second kappa shape index (κ2) is 7.21. The average Bonchev–Trinajstić information content (AvgIpc) is 3.04.